The van der Waals surface area contributed by atoms with E-state index in [0.717, 1.165) is 5.56 Å². The van der Waals surface area contributed by atoms with Gasteiger partial charge in [0.1, 0.15) is 0 Å². The van der Waals surface area contributed by atoms with Gasteiger partial charge in [-0.1, -0.05) is 0 Å². The number of hydrogen-bond acceptors (Lipinski definition) is 4. The van der Waals surface area contributed by atoms with Gasteiger partial charge in [-0.2, -0.15) is 0 Å². The van der Waals surface area contributed by atoms with Crippen LogP contribution in [0.15, 0.2) is 21.5 Å². The quantitative estimate of drug-likeness (QED) is 0.667. The minimum absolute atomic E-state index is 0.361. The first-order valence-corrected chi connectivity index (χ1v) is 4.24. The lowest BCUT2D eigenvalue weighted by Gasteiger charge is -2.09. The van der Waals surface area contributed by atoms with E-state index in [0.29, 0.717) is 5.56 Å². The van der Waals surface area contributed by atoms with E-state index < -0.39 is 17.5 Å². The van der Waals surface area contributed by atoms with Crippen molar-refractivity contribution in [3.63, 3.8) is 0 Å². The summed E-state index contributed by atoms with van der Waals surface area (Å²) >= 11 is 0. The highest BCUT2D eigenvalue weighted by Gasteiger charge is 2.21. The molecule has 0 saturated carbocycles. The van der Waals surface area contributed by atoms with Crippen LogP contribution in [0.3, 0.4) is 0 Å². The van der Waals surface area contributed by atoms with Crippen LogP contribution >= 0.6 is 0 Å². The molecule has 0 aliphatic heterocycles. The van der Waals surface area contributed by atoms with E-state index in [9.17, 15) is 9.59 Å². The molecule has 0 fully saturated rings. The van der Waals surface area contributed by atoms with Crippen molar-refractivity contribution in [1.29, 1.82) is 0 Å². The number of methoxy groups -OCH3 is 1. The monoisotopic (exact) mass is 196 g/mol. The van der Waals surface area contributed by atoms with Gasteiger partial charge < -0.3 is 9.15 Å². The lowest BCUT2D eigenvalue weighted by atomic mass is 9.99. The Kier molecular flexibility index (Phi) is 3.06. The van der Waals surface area contributed by atoms with E-state index >= 15 is 0 Å². The van der Waals surface area contributed by atoms with Crippen LogP contribution in [0.25, 0.3) is 0 Å². The Bertz CT molecular complexity index is 391. The first-order valence-electron chi connectivity index (χ1n) is 4.24. The van der Waals surface area contributed by atoms with Crippen molar-refractivity contribution in [2.45, 2.75) is 19.8 Å². The normalized spacial score (nSPS) is 12.2. The molecular formula is C10H12O4. The molecule has 4 nitrogen and oxygen atoms in total. The number of carbonyl (C=O) groups is 1. The van der Waals surface area contributed by atoms with E-state index in [1.807, 2.05) is 0 Å². The molecule has 0 saturated heterocycles. The molecule has 1 atom stereocenters. The second-order valence-corrected chi connectivity index (χ2v) is 3.05. The number of hydrogen-bond donors (Lipinski definition) is 0. The lowest BCUT2D eigenvalue weighted by Crippen LogP contribution is -2.19. The maximum absolute atomic E-state index is 11.3. The number of esters is 1. The second-order valence-electron chi connectivity index (χ2n) is 3.05. The van der Waals surface area contributed by atoms with E-state index in [-0.39, 0.29) is 0 Å². The first kappa shape index (κ1) is 10.5. The fourth-order valence-corrected chi connectivity index (χ4v) is 1.33. The predicted molar refractivity (Wildman–Crippen MR) is 50.1 cm³/mol. The maximum Gasteiger partial charge on any atom is 0.339 e. The SMILES string of the molecule is COC(=O)C(C)c1c(C)ccoc1=O. The van der Waals surface area contributed by atoms with Gasteiger partial charge >= 0.3 is 11.6 Å². The van der Waals surface area contributed by atoms with Crippen molar-refractivity contribution in [3.8, 4) is 0 Å². The molecule has 0 radical (unpaired) electrons. The number of rotatable bonds is 2. The highest BCUT2D eigenvalue weighted by atomic mass is 16.5. The largest absolute Gasteiger partial charge is 0.469 e. The number of ether oxygens (including phenoxy) is 1. The molecular weight excluding hydrogens is 184 g/mol. The first-order chi connectivity index (χ1) is 6.57. The highest BCUT2D eigenvalue weighted by molar-refractivity contribution is 5.77. The zero-order valence-electron chi connectivity index (χ0n) is 8.37. The molecule has 1 aromatic heterocycles. The third-order valence-electron chi connectivity index (χ3n) is 2.13. The van der Waals surface area contributed by atoms with Crippen LogP contribution in [-0.4, -0.2) is 13.1 Å². The lowest BCUT2D eigenvalue weighted by molar-refractivity contribution is -0.142. The van der Waals surface area contributed by atoms with Gasteiger partial charge in [0.15, 0.2) is 0 Å². The van der Waals surface area contributed by atoms with Crippen LogP contribution in [0.5, 0.6) is 0 Å². The Balaban J connectivity index is 3.19. The zero-order valence-corrected chi connectivity index (χ0v) is 8.37. The molecule has 14 heavy (non-hydrogen) atoms. The Labute approximate surface area is 81.5 Å². The van der Waals surface area contributed by atoms with Gasteiger partial charge in [-0.05, 0) is 25.5 Å². The second kappa shape index (κ2) is 4.09. The summed E-state index contributed by atoms with van der Waals surface area (Å²) in [7, 11) is 1.29. The third-order valence-corrected chi connectivity index (χ3v) is 2.13. The molecule has 1 rings (SSSR count). The zero-order chi connectivity index (χ0) is 10.7. The van der Waals surface area contributed by atoms with E-state index in [1.54, 1.807) is 19.9 Å². The van der Waals surface area contributed by atoms with Gasteiger partial charge in [-0.15, -0.1) is 0 Å². The Morgan fingerprint density at radius 1 is 1.57 bits per heavy atom. The van der Waals surface area contributed by atoms with Crippen LogP contribution in [0.1, 0.15) is 24.0 Å². The number of aryl methyl sites for hydroxylation is 1. The van der Waals surface area contributed by atoms with Gasteiger partial charge in [0, 0.05) is 0 Å². The van der Waals surface area contributed by atoms with Crippen molar-refractivity contribution >= 4 is 5.97 Å². The molecule has 0 spiro atoms. The fraction of sp³-hybridized carbons (Fsp3) is 0.400. The van der Waals surface area contributed by atoms with Crippen LogP contribution in [0.2, 0.25) is 0 Å². The molecule has 0 N–H and O–H groups in total. The molecule has 1 heterocycles. The summed E-state index contributed by atoms with van der Waals surface area (Å²) in [5.41, 5.74) is 0.612. The van der Waals surface area contributed by atoms with Crippen molar-refractivity contribution in [2.24, 2.45) is 0 Å². The number of carbonyl (C=O) groups excluding carboxylic acids is 1. The maximum atomic E-state index is 11.3. The van der Waals surface area contributed by atoms with Gasteiger partial charge in [-0.3, -0.25) is 4.79 Å². The summed E-state index contributed by atoms with van der Waals surface area (Å²) in [6.07, 6.45) is 1.31. The molecule has 0 amide bonds. The average molecular weight is 196 g/mol. The molecule has 4 heteroatoms. The Morgan fingerprint density at radius 3 is 2.71 bits per heavy atom. The Morgan fingerprint density at radius 2 is 2.21 bits per heavy atom. The third kappa shape index (κ3) is 1.84. The van der Waals surface area contributed by atoms with Gasteiger partial charge in [0.05, 0.1) is 24.9 Å². The van der Waals surface area contributed by atoms with Crippen molar-refractivity contribution < 1.29 is 13.9 Å². The average Bonchev–Trinajstić information content (AvgIpc) is 2.16. The van der Waals surface area contributed by atoms with Crippen molar-refractivity contribution in [1.82, 2.24) is 0 Å². The molecule has 1 aromatic rings. The van der Waals surface area contributed by atoms with Gasteiger partial charge in [0.2, 0.25) is 0 Å². The van der Waals surface area contributed by atoms with Crippen LogP contribution in [0.4, 0.5) is 0 Å². The van der Waals surface area contributed by atoms with E-state index in [1.165, 1.54) is 13.4 Å². The summed E-state index contributed by atoms with van der Waals surface area (Å²) in [6, 6.07) is 1.65. The van der Waals surface area contributed by atoms with Crippen LogP contribution in [0, 0.1) is 6.92 Å². The molecule has 0 aliphatic carbocycles. The molecule has 0 aromatic carbocycles. The summed E-state index contributed by atoms with van der Waals surface area (Å²) in [5, 5.41) is 0. The molecule has 76 valence electrons. The summed E-state index contributed by atoms with van der Waals surface area (Å²) in [4.78, 5) is 22.5. The van der Waals surface area contributed by atoms with Crippen LogP contribution < -0.4 is 5.63 Å². The molecule has 0 aliphatic rings. The molecule has 1 unspecified atom stereocenters. The smallest absolute Gasteiger partial charge is 0.339 e. The van der Waals surface area contributed by atoms with Gasteiger partial charge in [-0.25, -0.2) is 4.79 Å². The van der Waals surface area contributed by atoms with E-state index in [2.05, 4.69) is 4.74 Å². The van der Waals surface area contributed by atoms with E-state index in [4.69, 9.17) is 4.42 Å². The van der Waals surface area contributed by atoms with Gasteiger partial charge in [0.25, 0.3) is 0 Å². The topological polar surface area (TPSA) is 56.5 Å². The van der Waals surface area contributed by atoms with Crippen LogP contribution in [-0.2, 0) is 9.53 Å². The standard InChI is InChI=1S/C10H12O4/c1-6-4-5-14-10(12)8(6)7(2)9(11)13-3/h4-5,7H,1-3H3. The Hall–Kier alpha value is -1.58. The van der Waals surface area contributed by atoms with Crippen molar-refractivity contribution in [2.75, 3.05) is 7.11 Å². The summed E-state index contributed by atoms with van der Waals surface area (Å²) in [5.74, 6) is -1.02. The molecule has 0 bridgehead atoms. The fourth-order valence-electron chi connectivity index (χ4n) is 1.33. The van der Waals surface area contributed by atoms with Crippen molar-refractivity contribution in [3.05, 3.63) is 33.9 Å². The minimum atomic E-state index is -0.586. The minimum Gasteiger partial charge on any atom is -0.469 e. The highest BCUT2D eigenvalue weighted by Crippen LogP contribution is 2.16. The predicted octanol–water partition coefficient (Wildman–Crippen LogP) is 1.22. The summed E-state index contributed by atoms with van der Waals surface area (Å²) in [6.45, 7) is 3.37. The summed E-state index contributed by atoms with van der Waals surface area (Å²) < 4.78 is 9.25.